The van der Waals surface area contributed by atoms with E-state index < -0.39 is 0 Å². The summed E-state index contributed by atoms with van der Waals surface area (Å²) in [7, 11) is 0. The first-order valence-electron chi connectivity index (χ1n) is 7.08. The molecule has 3 N–H and O–H groups in total. The van der Waals surface area contributed by atoms with Crippen molar-refractivity contribution in [2.24, 2.45) is 5.92 Å². The van der Waals surface area contributed by atoms with E-state index in [-0.39, 0.29) is 24.7 Å². The first kappa shape index (κ1) is 15.2. The van der Waals surface area contributed by atoms with E-state index in [0.717, 1.165) is 19.3 Å². The van der Waals surface area contributed by atoms with Crippen molar-refractivity contribution in [2.75, 3.05) is 18.5 Å². The zero-order valence-corrected chi connectivity index (χ0v) is 11.8. The van der Waals surface area contributed by atoms with Gasteiger partial charge in [-0.1, -0.05) is 12.3 Å². The molecular formula is C16H20N2O3. The Balaban J connectivity index is 1.75. The molecule has 1 aliphatic rings. The number of terminal acetylenes is 1. The molecule has 0 heterocycles. The van der Waals surface area contributed by atoms with Crippen molar-refractivity contribution in [2.45, 2.75) is 25.4 Å². The summed E-state index contributed by atoms with van der Waals surface area (Å²) in [5.74, 6) is 3.21. The van der Waals surface area contributed by atoms with E-state index in [2.05, 4.69) is 16.6 Å². The molecule has 1 saturated carbocycles. The molecule has 0 aliphatic heterocycles. The predicted molar refractivity (Wildman–Crippen MR) is 81.1 cm³/mol. The fraction of sp³-hybridized carbons (Fsp3) is 0.438. The van der Waals surface area contributed by atoms with E-state index in [1.54, 1.807) is 24.3 Å². The minimum Gasteiger partial charge on any atom is -0.481 e. The molecule has 1 aromatic carbocycles. The van der Waals surface area contributed by atoms with Crippen molar-refractivity contribution < 1.29 is 14.6 Å². The van der Waals surface area contributed by atoms with Gasteiger partial charge in [0.2, 0.25) is 0 Å². The highest BCUT2D eigenvalue weighted by molar-refractivity contribution is 5.89. The molecule has 0 aromatic heterocycles. The van der Waals surface area contributed by atoms with Gasteiger partial charge < -0.3 is 20.5 Å². The minimum absolute atomic E-state index is 0.162. The van der Waals surface area contributed by atoms with Crippen LogP contribution in [-0.4, -0.2) is 30.4 Å². The van der Waals surface area contributed by atoms with Crippen molar-refractivity contribution in [3.63, 3.8) is 0 Å². The summed E-state index contributed by atoms with van der Waals surface area (Å²) in [5.41, 5.74) is 0.674. The zero-order chi connectivity index (χ0) is 15.1. The molecule has 112 valence electrons. The molecule has 0 unspecified atom stereocenters. The van der Waals surface area contributed by atoms with Crippen LogP contribution in [0.25, 0.3) is 0 Å². The topological polar surface area (TPSA) is 70.6 Å². The molecule has 0 bridgehead atoms. The molecule has 0 radical (unpaired) electrons. The number of hydrogen-bond donors (Lipinski definition) is 3. The molecule has 1 aliphatic carbocycles. The maximum atomic E-state index is 11.8. The molecule has 2 amide bonds. The fourth-order valence-corrected chi connectivity index (χ4v) is 2.41. The Labute approximate surface area is 124 Å². The lowest BCUT2D eigenvalue weighted by molar-refractivity contribution is 0.133. The summed E-state index contributed by atoms with van der Waals surface area (Å²) < 4.78 is 5.25. The summed E-state index contributed by atoms with van der Waals surface area (Å²) >= 11 is 0. The van der Waals surface area contributed by atoms with Crippen molar-refractivity contribution in [1.29, 1.82) is 0 Å². The van der Waals surface area contributed by atoms with Crippen LogP contribution in [0.4, 0.5) is 10.5 Å². The quantitative estimate of drug-likeness (QED) is 0.726. The van der Waals surface area contributed by atoms with E-state index in [4.69, 9.17) is 11.2 Å². The number of anilines is 1. The van der Waals surface area contributed by atoms with Crippen LogP contribution in [0.2, 0.25) is 0 Å². The van der Waals surface area contributed by atoms with Crippen LogP contribution in [-0.2, 0) is 0 Å². The van der Waals surface area contributed by atoms with Gasteiger partial charge in [0.05, 0.1) is 6.10 Å². The molecular weight excluding hydrogens is 268 g/mol. The standard InChI is InChI=1S/C16H20N2O3/c1-2-10-21-14-8-6-13(7-9-14)18-16(20)17-11-12-4-3-5-15(12)19/h1,6-9,12,15,19H,3-5,10-11H2,(H2,17,18,20)/t12-,15+/m1/s1. The van der Waals surface area contributed by atoms with Crippen LogP contribution in [0.1, 0.15) is 19.3 Å². The maximum absolute atomic E-state index is 11.8. The zero-order valence-electron chi connectivity index (χ0n) is 11.8. The van der Waals surface area contributed by atoms with Gasteiger partial charge in [-0.2, -0.15) is 0 Å². The van der Waals surface area contributed by atoms with E-state index >= 15 is 0 Å². The van der Waals surface area contributed by atoms with Gasteiger partial charge in [-0.3, -0.25) is 0 Å². The van der Waals surface area contributed by atoms with Gasteiger partial charge in [0.15, 0.2) is 0 Å². The smallest absolute Gasteiger partial charge is 0.319 e. The number of urea groups is 1. The second-order valence-electron chi connectivity index (χ2n) is 5.11. The SMILES string of the molecule is C#CCOc1ccc(NC(=O)NC[C@H]2CCC[C@@H]2O)cc1. The highest BCUT2D eigenvalue weighted by Crippen LogP contribution is 2.24. The monoisotopic (exact) mass is 288 g/mol. The number of rotatable bonds is 5. The summed E-state index contributed by atoms with van der Waals surface area (Å²) in [4.78, 5) is 11.8. The van der Waals surface area contributed by atoms with Crippen molar-refractivity contribution in [3.05, 3.63) is 24.3 Å². The lowest BCUT2D eigenvalue weighted by Crippen LogP contribution is -2.35. The third-order valence-electron chi connectivity index (χ3n) is 3.58. The highest BCUT2D eigenvalue weighted by Gasteiger charge is 2.25. The first-order valence-corrected chi connectivity index (χ1v) is 7.08. The number of hydrogen-bond acceptors (Lipinski definition) is 3. The molecule has 0 saturated heterocycles. The van der Waals surface area contributed by atoms with E-state index in [9.17, 15) is 9.90 Å². The summed E-state index contributed by atoms with van der Waals surface area (Å²) in [6.07, 6.45) is 7.62. The Morgan fingerprint density at radius 3 is 2.76 bits per heavy atom. The number of aliphatic hydroxyl groups is 1. The van der Waals surface area contributed by atoms with Gasteiger partial charge >= 0.3 is 6.03 Å². The third-order valence-corrected chi connectivity index (χ3v) is 3.58. The Bertz CT molecular complexity index is 507. The highest BCUT2D eigenvalue weighted by atomic mass is 16.5. The van der Waals surface area contributed by atoms with E-state index in [0.29, 0.717) is 18.0 Å². The second-order valence-corrected chi connectivity index (χ2v) is 5.11. The average Bonchev–Trinajstić information content (AvgIpc) is 2.90. The van der Waals surface area contributed by atoms with Crippen molar-refractivity contribution >= 4 is 11.7 Å². The van der Waals surface area contributed by atoms with Crippen LogP contribution < -0.4 is 15.4 Å². The van der Waals surface area contributed by atoms with Gasteiger partial charge in [-0.25, -0.2) is 4.79 Å². The number of carbonyl (C=O) groups excluding carboxylic acids is 1. The predicted octanol–water partition coefficient (Wildman–Crippen LogP) is 1.98. The normalized spacial score (nSPS) is 20.6. The number of nitrogens with one attached hydrogen (secondary N) is 2. The number of carbonyl (C=O) groups is 1. The molecule has 0 spiro atoms. The fourth-order valence-electron chi connectivity index (χ4n) is 2.41. The van der Waals surface area contributed by atoms with E-state index in [1.165, 1.54) is 0 Å². The Morgan fingerprint density at radius 1 is 1.38 bits per heavy atom. The van der Waals surface area contributed by atoms with Crippen LogP contribution >= 0.6 is 0 Å². The Morgan fingerprint density at radius 2 is 2.14 bits per heavy atom. The molecule has 5 heteroatoms. The largest absolute Gasteiger partial charge is 0.481 e. The summed E-state index contributed by atoms with van der Waals surface area (Å²) in [5, 5.41) is 15.2. The number of ether oxygens (including phenoxy) is 1. The molecule has 1 aromatic rings. The lowest BCUT2D eigenvalue weighted by atomic mass is 10.1. The van der Waals surface area contributed by atoms with Crippen LogP contribution in [0, 0.1) is 18.3 Å². The molecule has 5 nitrogen and oxygen atoms in total. The van der Waals surface area contributed by atoms with Crippen LogP contribution in [0.5, 0.6) is 5.75 Å². The van der Waals surface area contributed by atoms with Crippen LogP contribution in [0.15, 0.2) is 24.3 Å². The molecule has 1 fully saturated rings. The van der Waals surface area contributed by atoms with Gasteiger partial charge in [-0.05, 0) is 37.1 Å². The maximum Gasteiger partial charge on any atom is 0.319 e. The second kappa shape index (κ2) is 7.55. The Hall–Kier alpha value is -2.19. The number of aliphatic hydroxyl groups excluding tert-OH is 1. The van der Waals surface area contributed by atoms with E-state index in [1.807, 2.05) is 0 Å². The van der Waals surface area contributed by atoms with Gasteiger partial charge in [0, 0.05) is 18.2 Å². The van der Waals surface area contributed by atoms with Gasteiger partial charge in [0.1, 0.15) is 12.4 Å². The minimum atomic E-state index is -0.294. The number of benzene rings is 1. The first-order chi connectivity index (χ1) is 10.2. The van der Waals surface area contributed by atoms with Gasteiger partial charge in [-0.15, -0.1) is 6.42 Å². The van der Waals surface area contributed by atoms with Crippen molar-refractivity contribution in [3.8, 4) is 18.1 Å². The molecule has 2 atom stereocenters. The average molecular weight is 288 g/mol. The summed E-state index contributed by atoms with van der Waals surface area (Å²) in [6.45, 7) is 0.716. The molecule has 21 heavy (non-hydrogen) atoms. The summed E-state index contributed by atoms with van der Waals surface area (Å²) in [6, 6.07) is 6.71. The van der Waals surface area contributed by atoms with Crippen LogP contribution in [0.3, 0.4) is 0 Å². The Kier molecular flexibility index (Phi) is 5.47. The van der Waals surface area contributed by atoms with Crippen molar-refractivity contribution in [1.82, 2.24) is 5.32 Å². The molecule has 2 rings (SSSR count). The van der Waals surface area contributed by atoms with Gasteiger partial charge in [0.25, 0.3) is 0 Å². The number of amides is 2. The third kappa shape index (κ3) is 4.69. The lowest BCUT2D eigenvalue weighted by Gasteiger charge is -2.15.